The van der Waals surface area contributed by atoms with E-state index < -0.39 is 11.9 Å². The van der Waals surface area contributed by atoms with Crippen molar-refractivity contribution in [3.05, 3.63) is 0 Å². The maximum absolute atomic E-state index is 11.3. The summed E-state index contributed by atoms with van der Waals surface area (Å²) in [6, 6.07) is 1.94. The molecule has 90 valence electrons. The molecule has 1 heterocycles. The molecule has 0 radical (unpaired) electrons. The first-order chi connectivity index (χ1) is 7.77. The summed E-state index contributed by atoms with van der Waals surface area (Å²) in [6.45, 7) is 3.98. The van der Waals surface area contributed by atoms with E-state index in [4.69, 9.17) is 19.5 Å². The Morgan fingerprint density at radius 3 is 3.00 bits per heavy atom. The Kier molecular flexibility index (Phi) is 5.83. The van der Waals surface area contributed by atoms with E-state index >= 15 is 0 Å². The van der Waals surface area contributed by atoms with Crippen LogP contribution in [-0.4, -0.2) is 38.5 Å². The highest BCUT2D eigenvalue weighted by atomic mass is 16.6. The Balaban J connectivity index is 2.03. The monoisotopic (exact) mass is 227 g/mol. The number of rotatable bonds is 8. The van der Waals surface area contributed by atoms with Crippen LogP contribution in [0.15, 0.2) is 0 Å². The lowest BCUT2D eigenvalue weighted by molar-refractivity contribution is -0.146. The Morgan fingerprint density at radius 1 is 1.69 bits per heavy atom. The van der Waals surface area contributed by atoms with Gasteiger partial charge in [-0.25, -0.2) is 0 Å². The zero-order chi connectivity index (χ0) is 11.8. The van der Waals surface area contributed by atoms with Crippen molar-refractivity contribution in [3.63, 3.8) is 0 Å². The number of esters is 1. The summed E-state index contributed by atoms with van der Waals surface area (Å²) in [6.07, 6.45) is 1.43. The molecule has 0 N–H and O–H groups in total. The minimum Gasteiger partial charge on any atom is -0.465 e. The molecule has 5 heteroatoms. The zero-order valence-electron chi connectivity index (χ0n) is 9.48. The van der Waals surface area contributed by atoms with Crippen molar-refractivity contribution in [2.75, 3.05) is 26.4 Å². The second-order valence-electron chi connectivity index (χ2n) is 3.61. The maximum Gasteiger partial charge on any atom is 0.323 e. The van der Waals surface area contributed by atoms with E-state index in [0.29, 0.717) is 32.7 Å². The third-order valence-electron chi connectivity index (χ3n) is 2.21. The third-order valence-corrected chi connectivity index (χ3v) is 2.21. The minimum absolute atomic E-state index is 0.261. The van der Waals surface area contributed by atoms with Crippen molar-refractivity contribution >= 4 is 5.97 Å². The predicted octanol–water partition coefficient (Wildman–Crippen LogP) is 0.885. The smallest absolute Gasteiger partial charge is 0.323 e. The number of epoxide rings is 1. The van der Waals surface area contributed by atoms with Crippen LogP contribution in [0.1, 0.15) is 19.8 Å². The van der Waals surface area contributed by atoms with Gasteiger partial charge in [0.15, 0.2) is 0 Å². The van der Waals surface area contributed by atoms with Gasteiger partial charge in [0.1, 0.15) is 12.0 Å². The molecule has 0 saturated carbocycles. The second kappa shape index (κ2) is 7.20. The van der Waals surface area contributed by atoms with E-state index in [1.807, 2.05) is 6.07 Å². The number of ether oxygens (including phenoxy) is 3. The molecule has 0 aromatic heterocycles. The van der Waals surface area contributed by atoms with Gasteiger partial charge in [-0.05, 0) is 19.8 Å². The Bertz CT molecular complexity index is 257. The standard InChI is InChI=1S/C11H17NO4/c1-2-15-11(13)9(6-12)4-3-5-14-7-10-8-16-10/h9-10H,2-5,7-8H2,1H3. The van der Waals surface area contributed by atoms with Gasteiger partial charge in [-0.2, -0.15) is 5.26 Å². The van der Waals surface area contributed by atoms with Crippen LogP contribution in [-0.2, 0) is 19.0 Å². The van der Waals surface area contributed by atoms with Crippen LogP contribution >= 0.6 is 0 Å². The largest absolute Gasteiger partial charge is 0.465 e. The fourth-order valence-electron chi connectivity index (χ4n) is 1.25. The topological polar surface area (TPSA) is 71.9 Å². The van der Waals surface area contributed by atoms with Crippen LogP contribution in [0, 0.1) is 17.2 Å². The molecule has 16 heavy (non-hydrogen) atoms. The molecule has 0 aromatic carbocycles. The maximum atomic E-state index is 11.3. The normalized spacial score (nSPS) is 19.9. The predicted molar refractivity (Wildman–Crippen MR) is 55.5 cm³/mol. The molecule has 1 saturated heterocycles. The highest BCUT2D eigenvalue weighted by Gasteiger charge is 2.22. The molecule has 1 aliphatic rings. The van der Waals surface area contributed by atoms with Gasteiger partial charge in [-0.15, -0.1) is 0 Å². The van der Waals surface area contributed by atoms with Crippen LogP contribution in [0.5, 0.6) is 0 Å². The number of carbonyl (C=O) groups is 1. The quantitative estimate of drug-likeness (QED) is 0.350. The van der Waals surface area contributed by atoms with Crippen LogP contribution in [0.4, 0.5) is 0 Å². The first-order valence-electron chi connectivity index (χ1n) is 5.53. The molecule has 2 atom stereocenters. The Hall–Kier alpha value is -1.12. The van der Waals surface area contributed by atoms with Crippen molar-refractivity contribution in [3.8, 4) is 6.07 Å². The van der Waals surface area contributed by atoms with Gasteiger partial charge in [0.05, 0.1) is 25.9 Å². The number of nitriles is 1. The van der Waals surface area contributed by atoms with E-state index in [1.165, 1.54) is 0 Å². The molecule has 2 unspecified atom stereocenters. The summed E-state index contributed by atoms with van der Waals surface area (Å²) in [5.74, 6) is -1.10. The molecule has 0 aliphatic carbocycles. The van der Waals surface area contributed by atoms with E-state index in [1.54, 1.807) is 6.92 Å². The fraction of sp³-hybridized carbons (Fsp3) is 0.818. The minimum atomic E-state index is -0.666. The van der Waals surface area contributed by atoms with Gasteiger partial charge >= 0.3 is 5.97 Å². The Labute approximate surface area is 95.3 Å². The van der Waals surface area contributed by atoms with Gasteiger partial charge in [-0.3, -0.25) is 4.79 Å². The van der Waals surface area contributed by atoms with E-state index in [0.717, 1.165) is 6.61 Å². The van der Waals surface area contributed by atoms with Gasteiger partial charge in [0, 0.05) is 6.61 Å². The van der Waals surface area contributed by atoms with Gasteiger partial charge < -0.3 is 14.2 Å². The van der Waals surface area contributed by atoms with E-state index in [9.17, 15) is 4.79 Å². The molecule has 5 nitrogen and oxygen atoms in total. The average Bonchev–Trinajstić information content (AvgIpc) is 3.07. The first kappa shape index (κ1) is 12.9. The second-order valence-corrected chi connectivity index (χ2v) is 3.61. The Morgan fingerprint density at radius 2 is 2.44 bits per heavy atom. The number of hydrogen-bond acceptors (Lipinski definition) is 5. The van der Waals surface area contributed by atoms with Gasteiger partial charge in [0.25, 0.3) is 0 Å². The summed E-state index contributed by atoms with van der Waals surface area (Å²) in [4.78, 5) is 11.3. The lowest BCUT2D eigenvalue weighted by atomic mass is 10.1. The van der Waals surface area contributed by atoms with Crippen molar-refractivity contribution < 1.29 is 19.0 Å². The summed E-state index contributed by atoms with van der Waals surface area (Å²) in [7, 11) is 0. The van der Waals surface area contributed by atoms with Gasteiger partial charge in [0.2, 0.25) is 0 Å². The summed E-state index contributed by atoms with van der Waals surface area (Å²) in [5, 5.41) is 8.77. The van der Waals surface area contributed by atoms with Crippen molar-refractivity contribution in [1.29, 1.82) is 5.26 Å². The zero-order valence-corrected chi connectivity index (χ0v) is 9.48. The number of carbonyl (C=O) groups excluding carboxylic acids is 1. The highest BCUT2D eigenvalue weighted by molar-refractivity contribution is 5.75. The van der Waals surface area contributed by atoms with E-state index in [2.05, 4.69) is 0 Å². The van der Waals surface area contributed by atoms with Crippen molar-refractivity contribution in [1.82, 2.24) is 0 Å². The summed E-state index contributed by atoms with van der Waals surface area (Å²) < 4.78 is 15.1. The molecular weight excluding hydrogens is 210 g/mol. The molecule has 0 spiro atoms. The number of hydrogen-bond donors (Lipinski definition) is 0. The van der Waals surface area contributed by atoms with Crippen LogP contribution in [0.2, 0.25) is 0 Å². The molecule has 0 amide bonds. The highest BCUT2D eigenvalue weighted by Crippen LogP contribution is 2.11. The average molecular weight is 227 g/mol. The van der Waals surface area contributed by atoms with Crippen molar-refractivity contribution in [2.24, 2.45) is 5.92 Å². The first-order valence-corrected chi connectivity index (χ1v) is 5.53. The summed E-state index contributed by atoms with van der Waals surface area (Å²) >= 11 is 0. The molecule has 1 aliphatic heterocycles. The third kappa shape index (κ3) is 5.10. The van der Waals surface area contributed by atoms with Crippen LogP contribution in [0.25, 0.3) is 0 Å². The summed E-state index contributed by atoms with van der Waals surface area (Å²) in [5.41, 5.74) is 0. The fourth-order valence-corrected chi connectivity index (χ4v) is 1.25. The van der Waals surface area contributed by atoms with Crippen LogP contribution < -0.4 is 0 Å². The van der Waals surface area contributed by atoms with Crippen molar-refractivity contribution in [2.45, 2.75) is 25.9 Å². The molecule has 1 rings (SSSR count). The molecule has 0 aromatic rings. The van der Waals surface area contributed by atoms with E-state index in [-0.39, 0.29) is 6.10 Å². The lowest BCUT2D eigenvalue weighted by Crippen LogP contribution is -2.17. The molecule has 0 bridgehead atoms. The molecular formula is C11H17NO4. The number of nitrogens with zero attached hydrogens (tertiary/aromatic N) is 1. The van der Waals surface area contributed by atoms with Gasteiger partial charge in [-0.1, -0.05) is 0 Å². The molecule has 1 fully saturated rings. The lowest BCUT2D eigenvalue weighted by Gasteiger charge is -2.07. The SMILES string of the molecule is CCOC(=O)C(C#N)CCCOCC1CO1. The van der Waals surface area contributed by atoms with Crippen LogP contribution in [0.3, 0.4) is 0 Å².